The van der Waals surface area contributed by atoms with Gasteiger partial charge in [0.15, 0.2) is 0 Å². The predicted molar refractivity (Wildman–Crippen MR) is 106 cm³/mol. The molecule has 0 saturated carbocycles. The maximum atomic E-state index is 14.2. The van der Waals surface area contributed by atoms with E-state index in [1.54, 1.807) is 7.11 Å². The van der Waals surface area contributed by atoms with E-state index in [4.69, 9.17) is 4.74 Å². The number of pyridine rings is 1. The second-order valence-electron chi connectivity index (χ2n) is 5.57. The van der Waals surface area contributed by atoms with Gasteiger partial charge in [-0.05, 0) is 43.7 Å². The summed E-state index contributed by atoms with van der Waals surface area (Å²) in [4.78, 5) is 6.49. The van der Waals surface area contributed by atoms with Crippen LogP contribution in [0.3, 0.4) is 0 Å². The highest BCUT2D eigenvalue weighted by molar-refractivity contribution is 5.89. The lowest BCUT2D eigenvalue weighted by molar-refractivity contribution is 0.327. The summed E-state index contributed by atoms with van der Waals surface area (Å²) >= 11 is 0. The number of hydrogen-bond acceptors (Lipinski definition) is 3. The minimum atomic E-state index is -0.0397. The first-order chi connectivity index (χ1) is 12.1. The van der Waals surface area contributed by atoms with Crippen molar-refractivity contribution in [1.29, 1.82) is 0 Å². The molecule has 0 radical (unpaired) electrons. The molecule has 2 heterocycles. The summed E-state index contributed by atoms with van der Waals surface area (Å²) in [6.45, 7) is 11.2. The molecule has 1 aliphatic heterocycles. The van der Waals surface area contributed by atoms with Gasteiger partial charge in [0.05, 0.1) is 19.2 Å². The molecule has 0 atom stereocenters. The van der Waals surface area contributed by atoms with Crippen LogP contribution in [0.1, 0.15) is 45.4 Å². The van der Waals surface area contributed by atoms with Gasteiger partial charge in [0.25, 0.3) is 0 Å². The highest BCUT2D eigenvalue weighted by Crippen LogP contribution is 2.32. The highest BCUT2D eigenvalue weighted by Gasteiger charge is 2.18. The van der Waals surface area contributed by atoms with Crippen LogP contribution in [0.2, 0.25) is 0 Å². The lowest BCUT2D eigenvalue weighted by Gasteiger charge is -2.24. The number of rotatable bonds is 2. The molecule has 4 heteroatoms. The second-order valence-corrected chi connectivity index (χ2v) is 5.57. The van der Waals surface area contributed by atoms with Crippen molar-refractivity contribution in [2.45, 2.75) is 41.0 Å². The molecule has 138 valence electrons. The third-order valence-corrected chi connectivity index (χ3v) is 3.95. The first-order valence-corrected chi connectivity index (χ1v) is 9.10. The van der Waals surface area contributed by atoms with E-state index in [1.165, 1.54) is 0 Å². The molecule has 2 aromatic rings. The molecule has 25 heavy (non-hydrogen) atoms. The van der Waals surface area contributed by atoms with E-state index in [-0.39, 0.29) is 5.83 Å². The van der Waals surface area contributed by atoms with E-state index in [0.29, 0.717) is 6.54 Å². The predicted octanol–water partition coefficient (Wildman–Crippen LogP) is 5.62. The van der Waals surface area contributed by atoms with Gasteiger partial charge >= 0.3 is 0 Å². The molecule has 3 rings (SSSR count). The van der Waals surface area contributed by atoms with Crippen molar-refractivity contribution < 1.29 is 9.13 Å². The van der Waals surface area contributed by atoms with Crippen LogP contribution >= 0.6 is 0 Å². The van der Waals surface area contributed by atoms with Gasteiger partial charge in [-0.2, -0.15) is 0 Å². The summed E-state index contributed by atoms with van der Waals surface area (Å²) in [5, 5.41) is 0.930. The minimum absolute atomic E-state index is 0.0397. The molecule has 0 fully saturated rings. The third-order valence-electron chi connectivity index (χ3n) is 3.95. The second kappa shape index (κ2) is 10.1. The van der Waals surface area contributed by atoms with Crippen LogP contribution in [0.15, 0.2) is 30.1 Å². The summed E-state index contributed by atoms with van der Waals surface area (Å²) in [6, 6.07) is 7.79. The summed E-state index contributed by atoms with van der Waals surface area (Å²) in [6.07, 6.45) is 0.732. The number of nitrogens with zero attached hydrogens (tertiary/aromatic N) is 2. The number of likely N-dealkylation sites (N-methyl/N-ethyl adjacent to an activating group) is 1. The number of ether oxygens (including phenoxy) is 1. The fraction of sp³-hybridized carbons (Fsp3) is 0.476. The molecule has 1 aromatic heterocycles. The van der Waals surface area contributed by atoms with Crippen molar-refractivity contribution in [3.63, 3.8) is 0 Å². The number of fused-ring (bicyclic) bond motifs is 1. The van der Waals surface area contributed by atoms with Crippen LogP contribution in [0, 0.1) is 6.92 Å². The SMILES string of the molecule is CC.CC.COc1cc(C)nc2ccc(C3=C(F)CN(C)CC3)cc12. The quantitative estimate of drug-likeness (QED) is 0.705. The summed E-state index contributed by atoms with van der Waals surface area (Å²) in [5.41, 5.74) is 3.52. The van der Waals surface area contributed by atoms with Gasteiger partial charge in [-0.1, -0.05) is 33.8 Å². The zero-order chi connectivity index (χ0) is 19.0. The first kappa shape index (κ1) is 21.1. The van der Waals surface area contributed by atoms with Crippen LogP contribution in [0.4, 0.5) is 4.39 Å². The van der Waals surface area contributed by atoms with Gasteiger partial charge in [0.1, 0.15) is 11.6 Å². The molecule has 0 bridgehead atoms. The number of methoxy groups -OCH3 is 1. The zero-order valence-electron chi connectivity index (χ0n) is 16.6. The number of hydrogen-bond donors (Lipinski definition) is 0. The number of aromatic nitrogens is 1. The van der Waals surface area contributed by atoms with Crippen molar-refractivity contribution in [2.24, 2.45) is 0 Å². The normalized spacial score (nSPS) is 14.4. The van der Waals surface area contributed by atoms with Gasteiger partial charge in [-0.3, -0.25) is 9.88 Å². The maximum Gasteiger partial charge on any atom is 0.130 e. The Balaban J connectivity index is 0.000000730. The van der Waals surface area contributed by atoms with Crippen LogP contribution in [-0.2, 0) is 0 Å². The Morgan fingerprint density at radius 3 is 2.40 bits per heavy atom. The first-order valence-electron chi connectivity index (χ1n) is 9.10. The fourth-order valence-corrected chi connectivity index (χ4v) is 2.83. The maximum absolute atomic E-state index is 14.2. The van der Waals surface area contributed by atoms with E-state index >= 15 is 0 Å². The zero-order valence-corrected chi connectivity index (χ0v) is 16.6. The molecular formula is C21H31FN2O. The monoisotopic (exact) mass is 346 g/mol. The molecule has 0 aliphatic carbocycles. The van der Waals surface area contributed by atoms with E-state index in [2.05, 4.69) is 4.98 Å². The molecule has 1 aromatic carbocycles. The molecule has 0 N–H and O–H groups in total. The molecule has 1 aliphatic rings. The third kappa shape index (κ3) is 5.02. The van der Waals surface area contributed by atoms with Crippen LogP contribution < -0.4 is 4.74 Å². The van der Waals surface area contributed by atoms with Gasteiger partial charge in [0.2, 0.25) is 0 Å². The van der Waals surface area contributed by atoms with Crippen molar-refractivity contribution in [3.05, 3.63) is 41.3 Å². The Kier molecular flexibility index (Phi) is 8.56. The molecule has 0 spiro atoms. The topological polar surface area (TPSA) is 25.4 Å². The fourth-order valence-electron chi connectivity index (χ4n) is 2.83. The Morgan fingerprint density at radius 1 is 1.12 bits per heavy atom. The number of halogens is 1. The molecule has 0 amide bonds. The summed E-state index contributed by atoms with van der Waals surface area (Å²) in [5.74, 6) is 0.746. The van der Waals surface area contributed by atoms with E-state index in [1.807, 2.05) is 70.8 Å². The number of benzene rings is 1. The van der Waals surface area contributed by atoms with Crippen molar-refractivity contribution in [1.82, 2.24) is 9.88 Å². The Bertz CT molecular complexity index is 725. The molecule has 0 saturated heterocycles. The van der Waals surface area contributed by atoms with Crippen molar-refractivity contribution in [2.75, 3.05) is 27.2 Å². The smallest absolute Gasteiger partial charge is 0.130 e. The van der Waals surface area contributed by atoms with Crippen LogP contribution in [0.5, 0.6) is 5.75 Å². The van der Waals surface area contributed by atoms with Crippen LogP contribution in [-0.4, -0.2) is 37.1 Å². The van der Waals surface area contributed by atoms with Gasteiger partial charge in [-0.25, -0.2) is 4.39 Å². The average molecular weight is 346 g/mol. The van der Waals surface area contributed by atoms with Gasteiger partial charge in [-0.15, -0.1) is 0 Å². The Labute approximate surface area is 151 Å². The standard InChI is InChI=1S/C17H19FN2O.2C2H6/c1-11-8-17(21-3)14-9-12(4-5-16(14)19-11)13-6-7-20(2)10-15(13)18;2*1-2/h4-5,8-9H,6-7,10H2,1-3H3;2*1-2H3. The Hall–Kier alpha value is -1.94. The molecule has 0 unspecified atom stereocenters. The average Bonchev–Trinajstić information content (AvgIpc) is 2.64. The number of aryl methyl sites for hydroxylation is 1. The largest absolute Gasteiger partial charge is 0.496 e. The van der Waals surface area contributed by atoms with E-state index in [9.17, 15) is 4.39 Å². The lowest BCUT2D eigenvalue weighted by Crippen LogP contribution is -2.26. The van der Waals surface area contributed by atoms with E-state index in [0.717, 1.165) is 46.4 Å². The lowest BCUT2D eigenvalue weighted by atomic mass is 9.97. The van der Waals surface area contributed by atoms with Gasteiger partial charge in [0, 0.05) is 23.7 Å². The van der Waals surface area contributed by atoms with Crippen molar-refractivity contribution >= 4 is 16.5 Å². The Morgan fingerprint density at radius 2 is 1.80 bits per heavy atom. The van der Waals surface area contributed by atoms with Crippen LogP contribution in [0.25, 0.3) is 16.5 Å². The van der Waals surface area contributed by atoms with Gasteiger partial charge < -0.3 is 4.74 Å². The summed E-state index contributed by atoms with van der Waals surface area (Å²) in [7, 11) is 3.59. The molecule has 3 nitrogen and oxygen atoms in total. The highest BCUT2D eigenvalue weighted by atomic mass is 19.1. The summed E-state index contributed by atoms with van der Waals surface area (Å²) < 4.78 is 19.7. The van der Waals surface area contributed by atoms with Crippen molar-refractivity contribution in [3.8, 4) is 5.75 Å². The minimum Gasteiger partial charge on any atom is -0.496 e. The molecular weight excluding hydrogens is 315 g/mol. The van der Waals surface area contributed by atoms with E-state index < -0.39 is 0 Å².